The highest BCUT2D eigenvalue weighted by molar-refractivity contribution is 7.25. The van der Waals surface area contributed by atoms with Gasteiger partial charge in [-0.25, -0.2) is 0 Å². The Morgan fingerprint density at radius 3 is 1.12 bits per heavy atom. The first-order valence-electron chi connectivity index (χ1n) is 15.5. The van der Waals surface area contributed by atoms with Gasteiger partial charge in [-0.1, -0.05) is 24.3 Å². The minimum absolute atomic E-state index is 0.150. The summed E-state index contributed by atoms with van der Waals surface area (Å²) >= 11 is 6.33. The number of hydrogen-bond donors (Lipinski definition) is 2. The fourth-order valence-electron chi connectivity index (χ4n) is 6.30. The topological polar surface area (TPSA) is 81.1 Å². The molecule has 2 aliphatic heterocycles. The number of likely N-dealkylation sites (N-methyl/N-ethyl adjacent to an activating group) is 2. The molecule has 6 nitrogen and oxygen atoms in total. The number of phenolic OH excluding ortho intramolecular Hbond substituents is 2. The van der Waals surface area contributed by atoms with Crippen LogP contribution in [0.4, 0.5) is 0 Å². The molecule has 10 heteroatoms. The number of thiophene rings is 4. The van der Waals surface area contributed by atoms with Crippen LogP contribution < -0.4 is 0 Å². The number of hydrogen-bond acceptors (Lipinski definition) is 8. The number of phenols is 2. The van der Waals surface area contributed by atoms with Gasteiger partial charge in [0, 0.05) is 53.5 Å². The van der Waals surface area contributed by atoms with Crippen molar-refractivity contribution < 1.29 is 19.8 Å². The molecular formula is C38H28N2O4S4. The molecule has 4 aromatic heterocycles. The molecule has 6 aromatic rings. The van der Waals surface area contributed by atoms with Gasteiger partial charge in [0.05, 0.1) is 32.3 Å². The third-order valence-corrected chi connectivity index (χ3v) is 13.3. The Balaban J connectivity index is 1.18. The number of benzene rings is 2. The summed E-state index contributed by atoms with van der Waals surface area (Å²) in [6, 6.07) is 30.8. The van der Waals surface area contributed by atoms with Crippen molar-refractivity contribution in [3.8, 4) is 51.9 Å². The molecule has 0 bridgehead atoms. The molecule has 0 radical (unpaired) electrons. The maximum absolute atomic E-state index is 14.1. The zero-order valence-electron chi connectivity index (χ0n) is 25.9. The summed E-state index contributed by atoms with van der Waals surface area (Å²) in [5.41, 5.74) is 3.87. The molecule has 0 aliphatic carbocycles. The van der Waals surface area contributed by atoms with Gasteiger partial charge in [0.25, 0.3) is 11.8 Å². The summed E-state index contributed by atoms with van der Waals surface area (Å²) in [6.07, 6.45) is 0. The standard InChI is InChI=1S/C38H28N2O4S4/c1-3-39-35(31-19-17-29(47-31)27-15-13-25(45-27)21-9-5-7-11-23(21)41)33-34(37(39)43)36(40(4-2)38(33)44)32-20-18-30(48-32)28-16-14-26(46-28)22-10-6-8-12-24(22)42/h5-20,41-42H,3-4H2,1-2H3. The summed E-state index contributed by atoms with van der Waals surface area (Å²) in [5.74, 6) is 0.187. The van der Waals surface area contributed by atoms with Crippen molar-refractivity contribution in [3.05, 3.63) is 118 Å². The molecule has 0 saturated carbocycles. The number of amides is 2. The van der Waals surface area contributed by atoms with Crippen molar-refractivity contribution in [2.24, 2.45) is 0 Å². The average molecular weight is 705 g/mol. The van der Waals surface area contributed by atoms with Crippen molar-refractivity contribution in [2.75, 3.05) is 13.1 Å². The van der Waals surface area contributed by atoms with Crippen LogP contribution in [0.15, 0.2) is 108 Å². The molecule has 8 rings (SSSR count). The van der Waals surface area contributed by atoms with E-state index in [9.17, 15) is 19.8 Å². The van der Waals surface area contributed by atoms with Gasteiger partial charge in [0.15, 0.2) is 0 Å². The van der Waals surface area contributed by atoms with E-state index in [0.29, 0.717) is 35.6 Å². The van der Waals surface area contributed by atoms with Crippen molar-refractivity contribution >= 4 is 68.6 Å². The molecule has 48 heavy (non-hydrogen) atoms. The molecule has 6 heterocycles. The summed E-state index contributed by atoms with van der Waals surface area (Å²) in [7, 11) is 0. The van der Waals surface area contributed by atoms with Crippen LogP contribution in [-0.4, -0.2) is 44.9 Å². The largest absolute Gasteiger partial charge is 0.507 e. The highest BCUT2D eigenvalue weighted by atomic mass is 32.1. The second-order valence-electron chi connectivity index (χ2n) is 11.2. The third kappa shape index (κ3) is 4.86. The molecule has 2 N–H and O–H groups in total. The van der Waals surface area contributed by atoms with Gasteiger partial charge in [0.2, 0.25) is 0 Å². The SMILES string of the molecule is CCN1C(=O)C2=C(c3ccc(-c4ccc(-c5ccccc5O)s4)s3)N(CC)C(=O)C2=C1c1ccc(-c2ccc(-c3ccccc3O)s2)s1. The molecular weight excluding hydrogens is 677 g/mol. The molecule has 2 aromatic carbocycles. The maximum atomic E-state index is 14.1. The Hall–Kier alpha value is -4.74. The fourth-order valence-corrected chi connectivity index (χ4v) is 10.7. The highest BCUT2D eigenvalue weighted by Crippen LogP contribution is 2.51. The van der Waals surface area contributed by atoms with Crippen molar-refractivity contribution in [2.45, 2.75) is 13.8 Å². The lowest BCUT2D eigenvalue weighted by molar-refractivity contribution is -0.124. The first-order valence-corrected chi connectivity index (χ1v) is 18.7. The minimum atomic E-state index is -0.150. The number of carbonyl (C=O) groups is 2. The Labute approximate surface area is 293 Å². The molecule has 0 saturated heterocycles. The first kappa shape index (κ1) is 30.6. The summed E-state index contributed by atoms with van der Waals surface area (Å²) in [6.45, 7) is 4.77. The van der Waals surface area contributed by atoms with E-state index in [4.69, 9.17) is 0 Å². The van der Waals surface area contributed by atoms with Gasteiger partial charge >= 0.3 is 0 Å². The van der Waals surface area contributed by atoms with Gasteiger partial charge in [-0.15, -0.1) is 45.3 Å². The summed E-state index contributed by atoms with van der Waals surface area (Å²) in [4.78, 5) is 39.6. The first-order chi connectivity index (χ1) is 23.4. The smallest absolute Gasteiger partial charge is 0.261 e. The van der Waals surface area contributed by atoms with Crippen LogP contribution in [0.2, 0.25) is 0 Å². The van der Waals surface area contributed by atoms with Crippen LogP contribution in [0.25, 0.3) is 51.8 Å². The fraction of sp³-hybridized carbons (Fsp3) is 0.105. The number of carbonyl (C=O) groups excluding carboxylic acids is 2. The summed E-state index contributed by atoms with van der Waals surface area (Å²) in [5, 5.41) is 20.7. The normalized spacial score (nSPS) is 14.6. The van der Waals surface area contributed by atoms with Crippen LogP contribution in [0, 0.1) is 0 Å². The Morgan fingerprint density at radius 2 is 0.771 bits per heavy atom. The van der Waals surface area contributed by atoms with Crippen molar-refractivity contribution in [1.82, 2.24) is 9.80 Å². The monoisotopic (exact) mass is 704 g/mol. The van der Waals surface area contributed by atoms with E-state index in [1.54, 1.807) is 67.3 Å². The van der Waals surface area contributed by atoms with Crippen LogP contribution in [0.3, 0.4) is 0 Å². The van der Waals surface area contributed by atoms with Gasteiger partial charge in [-0.3, -0.25) is 9.59 Å². The second kappa shape index (κ2) is 12.1. The lowest BCUT2D eigenvalue weighted by atomic mass is 10.1. The van der Waals surface area contributed by atoms with Crippen LogP contribution in [0.1, 0.15) is 23.6 Å². The number of fused-ring (bicyclic) bond motifs is 1. The zero-order valence-corrected chi connectivity index (χ0v) is 29.2. The Morgan fingerprint density at radius 1 is 0.458 bits per heavy atom. The predicted octanol–water partition coefficient (Wildman–Crippen LogP) is 9.86. The minimum Gasteiger partial charge on any atom is -0.507 e. The van der Waals surface area contributed by atoms with E-state index in [1.165, 1.54) is 0 Å². The van der Waals surface area contributed by atoms with Crippen LogP contribution in [-0.2, 0) is 9.59 Å². The Kier molecular flexibility index (Phi) is 7.68. The van der Waals surface area contributed by atoms with Gasteiger partial charge in [0.1, 0.15) is 11.5 Å². The number of para-hydroxylation sites is 2. The quantitative estimate of drug-likeness (QED) is 0.165. The molecule has 238 valence electrons. The highest BCUT2D eigenvalue weighted by Gasteiger charge is 2.48. The molecule has 0 atom stereocenters. The second-order valence-corrected chi connectivity index (χ2v) is 15.6. The molecule has 0 unspecified atom stereocenters. The van der Waals surface area contributed by atoms with E-state index >= 15 is 0 Å². The lowest BCUT2D eigenvalue weighted by Crippen LogP contribution is -2.29. The number of nitrogens with zero attached hydrogens (tertiary/aromatic N) is 2. The van der Waals surface area contributed by atoms with E-state index in [1.807, 2.05) is 98.8 Å². The van der Waals surface area contributed by atoms with Gasteiger partial charge in [-0.05, 0) is 86.6 Å². The zero-order chi connectivity index (χ0) is 33.1. The van der Waals surface area contributed by atoms with Crippen molar-refractivity contribution in [1.29, 1.82) is 0 Å². The summed E-state index contributed by atoms with van der Waals surface area (Å²) < 4.78 is 0. The lowest BCUT2D eigenvalue weighted by Gasteiger charge is -2.22. The third-order valence-electron chi connectivity index (χ3n) is 8.53. The number of aromatic hydroxyl groups is 2. The van der Waals surface area contributed by atoms with E-state index < -0.39 is 0 Å². The Bertz CT molecular complexity index is 2150. The van der Waals surface area contributed by atoms with Crippen LogP contribution in [0.5, 0.6) is 11.5 Å². The van der Waals surface area contributed by atoms with E-state index in [0.717, 1.165) is 50.1 Å². The molecule has 2 amide bonds. The van der Waals surface area contributed by atoms with Gasteiger partial charge < -0.3 is 20.0 Å². The van der Waals surface area contributed by atoms with Gasteiger partial charge in [-0.2, -0.15) is 0 Å². The molecule has 0 fully saturated rings. The average Bonchev–Trinajstić information content (AvgIpc) is 3.93. The van der Waals surface area contributed by atoms with Crippen LogP contribution >= 0.6 is 45.3 Å². The van der Waals surface area contributed by atoms with E-state index in [-0.39, 0.29) is 23.3 Å². The maximum Gasteiger partial charge on any atom is 0.261 e. The predicted molar refractivity (Wildman–Crippen MR) is 198 cm³/mol. The molecule has 0 spiro atoms. The van der Waals surface area contributed by atoms with E-state index in [2.05, 4.69) is 0 Å². The van der Waals surface area contributed by atoms with Crippen molar-refractivity contribution in [3.63, 3.8) is 0 Å². The number of rotatable bonds is 8. The molecule has 2 aliphatic rings.